The predicted octanol–water partition coefficient (Wildman–Crippen LogP) is 2.60. The maximum atomic E-state index is 12.7. The van der Waals surface area contributed by atoms with Crippen molar-refractivity contribution in [3.8, 4) is 11.5 Å². The molecule has 1 aliphatic heterocycles. The summed E-state index contributed by atoms with van der Waals surface area (Å²) in [5, 5.41) is 7.88. The van der Waals surface area contributed by atoms with Crippen LogP contribution in [-0.4, -0.2) is 29.9 Å². The van der Waals surface area contributed by atoms with Crippen molar-refractivity contribution in [3.05, 3.63) is 69.9 Å². The van der Waals surface area contributed by atoms with Gasteiger partial charge in [-0.3, -0.25) is 4.79 Å². The minimum atomic E-state index is -0.223. The van der Waals surface area contributed by atoms with Crippen LogP contribution in [0.4, 0.5) is 0 Å². The highest BCUT2D eigenvalue weighted by molar-refractivity contribution is 6.09. The van der Waals surface area contributed by atoms with Crippen molar-refractivity contribution in [1.82, 2.24) is 9.97 Å². The standard InChI is InChI=1S/C21H20N4O3/c1-27-18-4-2-3-13-7-14(11-28-19(13)18)20-24-17-6-5-12(15(9-22)10-23)8-16(17)21(26)25-20/h2-6,8-10,14,22H,7,11,23H2,1H3,(H,24,25,26)/b15-10+,22-9?. The third kappa shape index (κ3) is 3.00. The number of ether oxygens (including phenoxy) is 2. The molecule has 2 aromatic carbocycles. The number of nitrogens with one attached hydrogen (secondary N) is 2. The van der Waals surface area contributed by atoms with E-state index in [9.17, 15) is 4.79 Å². The number of allylic oxidation sites excluding steroid dienone is 1. The van der Waals surface area contributed by atoms with E-state index in [0.29, 0.717) is 46.6 Å². The number of nitrogens with zero attached hydrogens (tertiary/aromatic N) is 1. The van der Waals surface area contributed by atoms with Crippen LogP contribution in [0, 0.1) is 5.41 Å². The molecule has 0 bridgehead atoms. The van der Waals surface area contributed by atoms with E-state index >= 15 is 0 Å². The summed E-state index contributed by atoms with van der Waals surface area (Å²) >= 11 is 0. The minimum Gasteiger partial charge on any atom is -0.493 e. The molecule has 2 heterocycles. The van der Waals surface area contributed by atoms with E-state index in [1.807, 2.05) is 18.2 Å². The summed E-state index contributed by atoms with van der Waals surface area (Å²) in [6.45, 7) is 0.410. The molecular weight excluding hydrogens is 356 g/mol. The summed E-state index contributed by atoms with van der Waals surface area (Å²) in [6, 6.07) is 11.1. The largest absolute Gasteiger partial charge is 0.493 e. The van der Waals surface area contributed by atoms with Crippen molar-refractivity contribution >= 4 is 22.7 Å². The fourth-order valence-electron chi connectivity index (χ4n) is 3.49. The van der Waals surface area contributed by atoms with Crippen molar-refractivity contribution in [2.24, 2.45) is 5.73 Å². The Hall–Kier alpha value is -3.61. The third-order valence-corrected chi connectivity index (χ3v) is 4.95. The van der Waals surface area contributed by atoms with E-state index in [4.69, 9.17) is 20.6 Å². The first-order chi connectivity index (χ1) is 13.6. The first kappa shape index (κ1) is 17.8. The van der Waals surface area contributed by atoms with Crippen LogP contribution in [-0.2, 0) is 6.42 Å². The third-order valence-electron chi connectivity index (χ3n) is 4.95. The van der Waals surface area contributed by atoms with E-state index in [1.54, 1.807) is 25.3 Å². The highest BCUT2D eigenvalue weighted by atomic mass is 16.5. The average molecular weight is 376 g/mol. The molecular formula is C21H20N4O3. The Kier molecular flexibility index (Phi) is 4.57. The zero-order chi connectivity index (χ0) is 19.7. The van der Waals surface area contributed by atoms with Crippen LogP contribution < -0.4 is 20.8 Å². The number of hydrogen-bond acceptors (Lipinski definition) is 6. The molecule has 0 saturated heterocycles. The zero-order valence-electron chi connectivity index (χ0n) is 15.4. The van der Waals surface area contributed by atoms with Crippen molar-refractivity contribution in [1.29, 1.82) is 5.41 Å². The fourth-order valence-corrected chi connectivity index (χ4v) is 3.49. The van der Waals surface area contributed by atoms with Crippen molar-refractivity contribution in [3.63, 3.8) is 0 Å². The van der Waals surface area contributed by atoms with Gasteiger partial charge in [-0.15, -0.1) is 0 Å². The Bertz CT molecular complexity index is 1150. The summed E-state index contributed by atoms with van der Waals surface area (Å²) in [5.74, 6) is 2.00. The van der Waals surface area contributed by atoms with Gasteiger partial charge in [-0.05, 0) is 35.7 Å². The lowest BCUT2D eigenvalue weighted by molar-refractivity contribution is 0.243. The van der Waals surface area contributed by atoms with E-state index in [-0.39, 0.29) is 11.5 Å². The molecule has 28 heavy (non-hydrogen) atoms. The van der Waals surface area contributed by atoms with Gasteiger partial charge in [0, 0.05) is 18.0 Å². The molecule has 0 aliphatic carbocycles. The van der Waals surface area contributed by atoms with Gasteiger partial charge < -0.3 is 25.6 Å². The molecule has 1 atom stereocenters. The minimum absolute atomic E-state index is 0.0579. The van der Waals surface area contributed by atoms with Gasteiger partial charge in [-0.1, -0.05) is 18.2 Å². The molecule has 0 radical (unpaired) electrons. The first-order valence-corrected chi connectivity index (χ1v) is 8.90. The Morgan fingerprint density at radius 3 is 3.00 bits per heavy atom. The van der Waals surface area contributed by atoms with E-state index < -0.39 is 0 Å². The molecule has 0 spiro atoms. The van der Waals surface area contributed by atoms with Gasteiger partial charge in [-0.25, -0.2) is 4.98 Å². The lowest BCUT2D eigenvalue weighted by Gasteiger charge is -2.26. The molecule has 1 unspecified atom stereocenters. The summed E-state index contributed by atoms with van der Waals surface area (Å²) in [6.07, 6.45) is 3.20. The predicted molar refractivity (Wildman–Crippen MR) is 108 cm³/mol. The van der Waals surface area contributed by atoms with Gasteiger partial charge in [0.1, 0.15) is 5.82 Å². The van der Waals surface area contributed by atoms with Crippen molar-refractivity contribution < 1.29 is 9.47 Å². The monoisotopic (exact) mass is 376 g/mol. The van der Waals surface area contributed by atoms with Crippen molar-refractivity contribution in [2.45, 2.75) is 12.3 Å². The molecule has 0 fully saturated rings. The van der Waals surface area contributed by atoms with E-state index in [1.165, 1.54) is 6.20 Å². The average Bonchev–Trinajstić information content (AvgIpc) is 2.74. The second-order valence-electron chi connectivity index (χ2n) is 6.61. The van der Waals surface area contributed by atoms with Gasteiger partial charge in [0.15, 0.2) is 11.5 Å². The van der Waals surface area contributed by atoms with Crippen LogP contribution in [0.15, 0.2) is 47.4 Å². The van der Waals surface area contributed by atoms with Crippen LogP contribution >= 0.6 is 0 Å². The van der Waals surface area contributed by atoms with Gasteiger partial charge in [0.2, 0.25) is 0 Å². The summed E-state index contributed by atoms with van der Waals surface area (Å²) in [7, 11) is 1.62. The maximum Gasteiger partial charge on any atom is 0.258 e. The second-order valence-corrected chi connectivity index (χ2v) is 6.61. The van der Waals surface area contributed by atoms with Crippen LogP contribution in [0.1, 0.15) is 22.9 Å². The van der Waals surface area contributed by atoms with Crippen LogP contribution in [0.2, 0.25) is 0 Å². The Morgan fingerprint density at radius 1 is 1.39 bits per heavy atom. The molecule has 0 saturated carbocycles. The van der Waals surface area contributed by atoms with Gasteiger partial charge >= 0.3 is 0 Å². The molecule has 142 valence electrons. The summed E-state index contributed by atoms with van der Waals surface area (Å²) < 4.78 is 11.3. The Balaban J connectivity index is 1.71. The molecule has 1 aromatic heterocycles. The Morgan fingerprint density at radius 2 is 2.25 bits per heavy atom. The summed E-state index contributed by atoms with van der Waals surface area (Å²) in [4.78, 5) is 20.2. The number of hydrogen-bond donors (Lipinski definition) is 3. The molecule has 7 heteroatoms. The number of fused-ring (bicyclic) bond motifs is 2. The normalized spacial score (nSPS) is 16.3. The second kappa shape index (κ2) is 7.19. The fraction of sp³-hybridized carbons (Fsp3) is 0.190. The number of H-pyrrole nitrogens is 1. The molecule has 3 aromatic rings. The lowest BCUT2D eigenvalue weighted by atomic mass is 9.95. The first-order valence-electron chi connectivity index (χ1n) is 8.90. The molecule has 0 amide bonds. The smallest absolute Gasteiger partial charge is 0.258 e. The summed E-state index contributed by atoms with van der Waals surface area (Å²) in [5.41, 5.74) is 8.18. The van der Waals surface area contributed by atoms with E-state index in [0.717, 1.165) is 17.5 Å². The quantitative estimate of drug-likeness (QED) is 0.606. The van der Waals surface area contributed by atoms with Gasteiger partial charge in [0.25, 0.3) is 5.56 Å². The number of methoxy groups -OCH3 is 1. The maximum absolute atomic E-state index is 12.7. The van der Waals surface area contributed by atoms with Crippen molar-refractivity contribution in [2.75, 3.05) is 13.7 Å². The number of benzene rings is 2. The molecule has 7 nitrogen and oxygen atoms in total. The van der Waals surface area contributed by atoms with Crippen LogP contribution in [0.3, 0.4) is 0 Å². The molecule has 4 rings (SSSR count). The number of nitrogens with two attached hydrogens (primary N) is 1. The van der Waals surface area contributed by atoms with Crippen LogP contribution in [0.25, 0.3) is 16.5 Å². The lowest BCUT2D eigenvalue weighted by Crippen LogP contribution is -2.24. The van der Waals surface area contributed by atoms with Gasteiger partial charge in [-0.2, -0.15) is 0 Å². The number of para-hydroxylation sites is 1. The number of aromatic amines is 1. The zero-order valence-corrected chi connectivity index (χ0v) is 15.4. The number of aromatic nitrogens is 2. The number of rotatable bonds is 4. The Labute approximate surface area is 161 Å². The topological polar surface area (TPSA) is 114 Å². The van der Waals surface area contributed by atoms with Crippen LogP contribution in [0.5, 0.6) is 11.5 Å². The van der Waals surface area contributed by atoms with Gasteiger partial charge in [0.05, 0.1) is 30.5 Å². The van der Waals surface area contributed by atoms with E-state index in [2.05, 4.69) is 9.97 Å². The highest BCUT2D eigenvalue weighted by Gasteiger charge is 2.26. The molecule has 4 N–H and O–H groups in total. The molecule has 1 aliphatic rings. The highest BCUT2D eigenvalue weighted by Crippen LogP contribution is 2.38. The SMILES string of the molecule is COc1cccc2c1OCC(c1nc3ccc(/C(C=N)=C/N)cc3c(=O)[nH]1)C2.